The van der Waals surface area contributed by atoms with Crippen LogP contribution in [0.15, 0.2) is 48.5 Å². The maximum absolute atomic E-state index is 13.3. The lowest BCUT2D eigenvalue weighted by atomic mass is 9.87. The molecule has 0 radical (unpaired) electrons. The van der Waals surface area contributed by atoms with Crippen LogP contribution in [-0.2, 0) is 6.42 Å². The van der Waals surface area contributed by atoms with E-state index in [9.17, 15) is 9.18 Å². The average molecular weight is 283 g/mol. The van der Waals surface area contributed by atoms with Crippen molar-refractivity contribution >= 4 is 5.91 Å². The van der Waals surface area contributed by atoms with Crippen molar-refractivity contribution in [3.8, 4) is 0 Å². The predicted molar refractivity (Wildman–Crippen MR) is 80.6 cm³/mol. The number of fused-ring (bicyclic) bond motifs is 1. The Bertz CT molecular complexity index is 668. The molecule has 2 aromatic carbocycles. The zero-order valence-electron chi connectivity index (χ0n) is 12.1. The van der Waals surface area contributed by atoms with Gasteiger partial charge in [0.2, 0.25) is 0 Å². The topological polar surface area (TPSA) is 20.3 Å². The molecule has 1 aliphatic rings. The van der Waals surface area contributed by atoms with Crippen LogP contribution in [0.2, 0.25) is 0 Å². The summed E-state index contributed by atoms with van der Waals surface area (Å²) >= 11 is 0. The summed E-state index contributed by atoms with van der Waals surface area (Å²) in [7, 11) is 1.81. The van der Waals surface area contributed by atoms with Crippen LogP contribution in [0.4, 0.5) is 4.39 Å². The Hall–Kier alpha value is -2.16. The molecule has 3 rings (SSSR count). The quantitative estimate of drug-likeness (QED) is 0.816. The Balaban J connectivity index is 1.89. The molecule has 0 spiro atoms. The van der Waals surface area contributed by atoms with E-state index >= 15 is 0 Å². The summed E-state index contributed by atoms with van der Waals surface area (Å²) in [6, 6.07) is 14.2. The van der Waals surface area contributed by atoms with E-state index in [0.717, 1.165) is 19.3 Å². The fourth-order valence-electron chi connectivity index (χ4n) is 3.10. The summed E-state index contributed by atoms with van der Waals surface area (Å²) in [5.74, 6) is -0.505. The lowest BCUT2D eigenvalue weighted by molar-refractivity contribution is 0.0714. The van der Waals surface area contributed by atoms with Gasteiger partial charge in [-0.3, -0.25) is 4.79 Å². The fraction of sp³-hybridized carbons (Fsp3) is 0.278. The molecule has 108 valence electrons. The molecule has 0 N–H and O–H groups in total. The standard InChI is InChI=1S/C18H18FNO/c1-20(18(21)14-8-4-9-15(19)12-14)17-11-5-7-13-6-2-3-10-16(13)17/h2-4,6,8-10,12,17H,5,7,11H2,1H3/t17-/m0/s1. The monoisotopic (exact) mass is 283 g/mol. The molecule has 0 saturated carbocycles. The van der Waals surface area contributed by atoms with Gasteiger partial charge in [-0.2, -0.15) is 0 Å². The van der Waals surface area contributed by atoms with Gasteiger partial charge >= 0.3 is 0 Å². The van der Waals surface area contributed by atoms with Gasteiger partial charge in [-0.05, 0) is 48.6 Å². The van der Waals surface area contributed by atoms with Crippen LogP contribution < -0.4 is 0 Å². The zero-order valence-corrected chi connectivity index (χ0v) is 12.1. The summed E-state index contributed by atoms with van der Waals surface area (Å²) in [6.07, 6.45) is 3.09. The van der Waals surface area contributed by atoms with E-state index in [-0.39, 0.29) is 17.8 Å². The molecule has 1 amide bonds. The van der Waals surface area contributed by atoms with Gasteiger partial charge in [0.25, 0.3) is 5.91 Å². The summed E-state index contributed by atoms with van der Waals surface area (Å²) < 4.78 is 13.3. The SMILES string of the molecule is CN(C(=O)c1cccc(F)c1)[C@H]1CCCc2ccccc21. The van der Waals surface area contributed by atoms with Crippen LogP contribution in [0, 0.1) is 5.82 Å². The molecule has 0 aliphatic heterocycles. The highest BCUT2D eigenvalue weighted by Gasteiger charge is 2.27. The third kappa shape index (κ3) is 2.68. The molecule has 0 aromatic heterocycles. The van der Waals surface area contributed by atoms with Crippen molar-refractivity contribution in [2.45, 2.75) is 25.3 Å². The van der Waals surface area contributed by atoms with Gasteiger partial charge in [0, 0.05) is 12.6 Å². The second-order valence-electron chi connectivity index (χ2n) is 5.53. The predicted octanol–water partition coefficient (Wildman–Crippen LogP) is 3.98. The summed E-state index contributed by atoms with van der Waals surface area (Å²) in [6.45, 7) is 0. The van der Waals surface area contributed by atoms with E-state index in [1.54, 1.807) is 24.1 Å². The van der Waals surface area contributed by atoms with Gasteiger partial charge in [-0.25, -0.2) is 4.39 Å². The molecule has 0 fully saturated rings. The van der Waals surface area contributed by atoms with Gasteiger partial charge < -0.3 is 4.90 Å². The van der Waals surface area contributed by atoms with Crippen molar-refractivity contribution in [1.82, 2.24) is 4.90 Å². The number of benzene rings is 2. The fourth-order valence-corrected chi connectivity index (χ4v) is 3.10. The normalized spacial score (nSPS) is 17.1. The molecule has 2 nitrogen and oxygen atoms in total. The first-order chi connectivity index (χ1) is 10.2. The van der Waals surface area contributed by atoms with E-state index in [4.69, 9.17) is 0 Å². The number of amides is 1. The van der Waals surface area contributed by atoms with E-state index in [2.05, 4.69) is 12.1 Å². The van der Waals surface area contributed by atoms with Gasteiger partial charge in [0.1, 0.15) is 5.82 Å². The van der Waals surface area contributed by atoms with Crippen LogP contribution in [0.3, 0.4) is 0 Å². The van der Waals surface area contributed by atoms with Crippen molar-refractivity contribution in [3.63, 3.8) is 0 Å². The van der Waals surface area contributed by atoms with Crippen LogP contribution >= 0.6 is 0 Å². The van der Waals surface area contributed by atoms with Crippen LogP contribution in [0.1, 0.15) is 40.4 Å². The Kier molecular flexibility index (Phi) is 3.74. The van der Waals surface area contributed by atoms with Crippen molar-refractivity contribution in [3.05, 3.63) is 71.0 Å². The van der Waals surface area contributed by atoms with Crippen molar-refractivity contribution in [1.29, 1.82) is 0 Å². The first kappa shape index (κ1) is 13.8. The third-order valence-corrected chi connectivity index (χ3v) is 4.20. The molecule has 0 bridgehead atoms. The highest BCUT2D eigenvalue weighted by molar-refractivity contribution is 5.94. The summed E-state index contributed by atoms with van der Waals surface area (Å²) in [5.41, 5.74) is 2.93. The molecule has 0 unspecified atom stereocenters. The van der Waals surface area contributed by atoms with E-state index in [1.807, 2.05) is 12.1 Å². The van der Waals surface area contributed by atoms with Gasteiger partial charge in [0.05, 0.1) is 6.04 Å². The molecule has 0 heterocycles. The molecule has 1 aliphatic carbocycles. The number of aryl methyl sites for hydroxylation is 1. The number of carbonyl (C=O) groups is 1. The number of halogens is 1. The Morgan fingerprint density at radius 1 is 1.19 bits per heavy atom. The molecule has 2 aromatic rings. The van der Waals surface area contributed by atoms with Gasteiger partial charge in [-0.15, -0.1) is 0 Å². The minimum Gasteiger partial charge on any atom is -0.335 e. The highest BCUT2D eigenvalue weighted by atomic mass is 19.1. The Morgan fingerprint density at radius 2 is 2.00 bits per heavy atom. The smallest absolute Gasteiger partial charge is 0.254 e. The molecule has 3 heteroatoms. The lowest BCUT2D eigenvalue weighted by Gasteiger charge is -2.33. The highest BCUT2D eigenvalue weighted by Crippen LogP contribution is 2.34. The number of hydrogen-bond acceptors (Lipinski definition) is 1. The largest absolute Gasteiger partial charge is 0.335 e. The summed E-state index contributed by atoms with van der Waals surface area (Å²) in [5, 5.41) is 0. The lowest BCUT2D eigenvalue weighted by Crippen LogP contribution is -2.33. The average Bonchev–Trinajstić information content (AvgIpc) is 2.53. The molecule has 0 saturated heterocycles. The first-order valence-corrected chi connectivity index (χ1v) is 7.27. The third-order valence-electron chi connectivity index (χ3n) is 4.20. The zero-order chi connectivity index (χ0) is 14.8. The minimum absolute atomic E-state index is 0.0747. The van der Waals surface area contributed by atoms with E-state index < -0.39 is 0 Å². The van der Waals surface area contributed by atoms with Crippen LogP contribution in [0.25, 0.3) is 0 Å². The molecular weight excluding hydrogens is 265 g/mol. The maximum atomic E-state index is 13.3. The van der Waals surface area contributed by atoms with Crippen LogP contribution in [-0.4, -0.2) is 17.9 Å². The molecule has 1 atom stereocenters. The van der Waals surface area contributed by atoms with Crippen LogP contribution in [0.5, 0.6) is 0 Å². The maximum Gasteiger partial charge on any atom is 0.254 e. The van der Waals surface area contributed by atoms with Crippen molar-refractivity contribution in [2.24, 2.45) is 0 Å². The Morgan fingerprint density at radius 3 is 2.81 bits per heavy atom. The summed E-state index contributed by atoms with van der Waals surface area (Å²) in [4.78, 5) is 14.3. The van der Waals surface area contributed by atoms with Gasteiger partial charge in [-0.1, -0.05) is 30.3 Å². The molecule has 21 heavy (non-hydrogen) atoms. The molecular formula is C18H18FNO. The van der Waals surface area contributed by atoms with Crippen molar-refractivity contribution in [2.75, 3.05) is 7.05 Å². The van der Waals surface area contributed by atoms with E-state index in [1.165, 1.54) is 23.3 Å². The number of hydrogen-bond donors (Lipinski definition) is 0. The minimum atomic E-state index is -0.377. The number of nitrogens with zero attached hydrogens (tertiary/aromatic N) is 1. The van der Waals surface area contributed by atoms with Gasteiger partial charge in [0.15, 0.2) is 0 Å². The number of carbonyl (C=O) groups excluding carboxylic acids is 1. The Labute approximate surface area is 124 Å². The first-order valence-electron chi connectivity index (χ1n) is 7.27. The second kappa shape index (κ2) is 5.68. The van der Waals surface area contributed by atoms with Crippen molar-refractivity contribution < 1.29 is 9.18 Å². The number of rotatable bonds is 2. The second-order valence-corrected chi connectivity index (χ2v) is 5.53. The van der Waals surface area contributed by atoms with E-state index in [0.29, 0.717) is 5.56 Å².